The Balaban J connectivity index is 2.05. The van der Waals surface area contributed by atoms with Crippen LogP contribution in [-0.2, 0) is 24.5 Å². The van der Waals surface area contributed by atoms with Gasteiger partial charge in [-0.15, -0.1) is 0 Å². The maximum absolute atomic E-state index is 12.3. The summed E-state index contributed by atoms with van der Waals surface area (Å²) in [6, 6.07) is 6.84. The van der Waals surface area contributed by atoms with Crippen molar-refractivity contribution in [2.75, 3.05) is 25.6 Å². The van der Waals surface area contributed by atoms with Gasteiger partial charge in [0.15, 0.2) is 0 Å². The van der Waals surface area contributed by atoms with E-state index in [1.807, 2.05) is 19.1 Å². The monoisotopic (exact) mass is 320 g/mol. The summed E-state index contributed by atoms with van der Waals surface area (Å²) in [5, 5.41) is 6.02. The van der Waals surface area contributed by atoms with Crippen LogP contribution >= 0.6 is 0 Å². The van der Waals surface area contributed by atoms with Crippen molar-refractivity contribution >= 4 is 17.6 Å². The Kier molecular flexibility index (Phi) is 5.38. The molecule has 0 radical (unpaired) electrons. The summed E-state index contributed by atoms with van der Waals surface area (Å²) in [7, 11) is 1.37. The Morgan fingerprint density at radius 3 is 2.52 bits per heavy atom. The van der Waals surface area contributed by atoms with E-state index in [-0.39, 0.29) is 24.0 Å². The molecule has 0 unspecified atom stereocenters. The molecule has 6 nitrogen and oxygen atoms in total. The quantitative estimate of drug-likeness (QED) is 0.821. The zero-order valence-corrected chi connectivity index (χ0v) is 14.0. The highest BCUT2D eigenvalue weighted by Crippen LogP contribution is 2.26. The van der Waals surface area contributed by atoms with Gasteiger partial charge in [-0.1, -0.05) is 12.1 Å². The van der Waals surface area contributed by atoms with Crippen molar-refractivity contribution in [2.24, 2.45) is 0 Å². The number of morpholine rings is 1. The van der Waals surface area contributed by atoms with Gasteiger partial charge < -0.3 is 20.1 Å². The van der Waals surface area contributed by atoms with E-state index in [0.29, 0.717) is 18.8 Å². The van der Waals surface area contributed by atoms with Crippen LogP contribution < -0.4 is 10.6 Å². The number of methoxy groups -OCH3 is 1. The summed E-state index contributed by atoms with van der Waals surface area (Å²) in [5.74, 6) is -0.427. The topological polar surface area (TPSA) is 76.7 Å². The third-order valence-electron chi connectivity index (χ3n) is 4.17. The van der Waals surface area contributed by atoms with Gasteiger partial charge in [-0.05, 0) is 38.5 Å². The summed E-state index contributed by atoms with van der Waals surface area (Å²) in [6.45, 7) is 6.75. The molecule has 1 aliphatic heterocycles. The molecule has 0 spiro atoms. The first-order chi connectivity index (χ1) is 10.9. The van der Waals surface area contributed by atoms with Crippen molar-refractivity contribution in [3.05, 3.63) is 29.8 Å². The minimum Gasteiger partial charge on any atom is -0.468 e. The van der Waals surface area contributed by atoms with Crippen LogP contribution in [0.25, 0.3) is 0 Å². The highest BCUT2D eigenvalue weighted by atomic mass is 16.5. The molecule has 6 heteroatoms. The zero-order chi connectivity index (χ0) is 17.0. The van der Waals surface area contributed by atoms with Gasteiger partial charge in [0, 0.05) is 12.2 Å². The lowest BCUT2D eigenvalue weighted by molar-refractivity contribution is -0.146. The van der Waals surface area contributed by atoms with Crippen LogP contribution in [0.2, 0.25) is 0 Å². The molecule has 0 bridgehead atoms. The van der Waals surface area contributed by atoms with Gasteiger partial charge >= 0.3 is 5.97 Å². The SMILES string of the molecule is COC(=O)C(C)(C)c1ccc(NC(=O)[C@H]2NCCO[C@@H]2C)cc1. The summed E-state index contributed by atoms with van der Waals surface area (Å²) in [4.78, 5) is 24.1. The number of carbonyl (C=O) groups is 2. The number of carbonyl (C=O) groups excluding carboxylic acids is 2. The van der Waals surface area contributed by atoms with Gasteiger partial charge in [0.1, 0.15) is 6.04 Å². The summed E-state index contributed by atoms with van der Waals surface area (Å²) >= 11 is 0. The summed E-state index contributed by atoms with van der Waals surface area (Å²) in [5.41, 5.74) is 0.777. The molecule has 1 aromatic carbocycles. The Morgan fingerprint density at radius 2 is 1.96 bits per heavy atom. The van der Waals surface area contributed by atoms with E-state index >= 15 is 0 Å². The highest BCUT2D eigenvalue weighted by Gasteiger charge is 2.31. The van der Waals surface area contributed by atoms with Crippen LogP contribution in [0.4, 0.5) is 5.69 Å². The van der Waals surface area contributed by atoms with E-state index in [1.54, 1.807) is 26.0 Å². The molecule has 23 heavy (non-hydrogen) atoms. The number of rotatable bonds is 4. The first kappa shape index (κ1) is 17.4. The minimum absolute atomic E-state index is 0.128. The average molecular weight is 320 g/mol. The van der Waals surface area contributed by atoms with Crippen LogP contribution in [-0.4, -0.2) is 44.3 Å². The largest absolute Gasteiger partial charge is 0.468 e. The number of amides is 1. The lowest BCUT2D eigenvalue weighted by Gasteiger charge is -2.29. The molecule has 1 heterocycles. The molecule has 0 aliphatic carbocycles. The van der Waals surface area contributed by atoms with E-state index in [0.717, 1.165) is 5.56 Å². The Labute approximate surface area is 136 Å². The van der Waals surface area contributed by atoms with E-state index in [2.05, 4.69) is 10.6 Å². The van der Waals surface area contributed by atoms with E-state index in [4.69, 9.17) is 9.47 Å². The molecule has 2 atom stereocenters. The summed E-state index contributed by atoms with van der Waals surface area (Å²) < 4.78 is 10.3. The van der Waals surface area contributed by atoms with Crippen molar-refractivity contribution in [3.63, 3.8) is 0 Å². The molecule has 0 saturated carbocycles. The molecule has 1 saturated heterocycles. The number of ether oxygens (including phenoxy) is 2. The van der Waals surface area contributed by atoms with Crippen molar-refractivity contribution < 1.29 is 19.1 Å². The average Bonchev–Trinajstić information content (AvgIpc) is 2.54. The third-order valence-corrected chi connectivity index (χ3v) is 4.17. The number of nitrogens with one attached hydrogen (secondary N) is 2. The number of esters is 1. The Morgan fingerprint density at radius 1 is 1.30 bits per heavy atom. The van der Waals surface area contributed by atoms with Gasteiger partial charge in [-0.2, -0.15) is 0 Å². The molecule has 2 rings (SSSR count). The molecule has 1 aromatic rings. The van der Waals surface area contributed by atoms with Crippen molar-refractivity contribution in [3.8, 4) is 0 Å². The number of benzene rings is 1. The Bertz CT molecular complexity index is 568. The lowest BCUT2D eigenvalue weighted by Crippen LogP contribution is -2.53. The van der Waals surface area contributed by atoms with Gasteiger partial charge in [0.2, 0.25) is 5.91 Å². The second-order valence-electron chi connectivity index (χ2n) is 6.19. The van der Waals surface area contributed by atoms with Crippen LogP contribution in [0.15, 0.2) is 24.3 Å². The van der Waals surface area contributed by atoms with Crippen molar-refractivity contribution in [2.45, 2.75) is 38.3 Å². The van der Waals surface area contributed by atoms with Crippen LogP contribution in [0.5, 0.6) is 0 Å². The normalized spacial score (nSPS) is 21.6. The van der Waals surface area contributed by atoms with Gasteiger partial charge in [-0.25, -0.2) is 0 Å². The second-order valence-corrected chi connectivity index (χ2v) is 6.19. The third kappa shape index (κ3) is 3.89. The molecular formula is C17H24N2O4. The standard InChI is InChI=1S/C17H24N2O4/c1-11-14(18-9-10-23-11)15(20)19-13-7-5-12(6-8-13)17(2,3)16(21)22-4/h5-8,11,14,18H,9-10H2,1-4H3,(H,19,20)/t11-,14+/m1/s1. The zero-order valence-electron chi connectivity index (χ0n) is 14.0. The van der Waals surface area contributed by atoms with E-state index in [9.17, 15) is 9.59 Å². The maximum atomic E-state index is 12.3. The molecule has 1 aliphatic rings. The maximum Gasteiger partial charge on any atom is 0.315 e. The summed E-state index contributed by atoms with van der Waals surface area (Å²) in [6.07, 6.45) is -0.165. The van der Waals surface area contributed by atoms with Crippen LogP contribution in [0.1, 0.15) is 26.3 Å². The van der Waals surface area contributed by atoms with E-state index in [1.165, 1.54) is 7.11 Å². The van der Waals surface area contributed by atoms with Crippen molar-refractivity contribution in [1.82, 2.24) is 5.32 Å². The van der Waals surface area contributed by atoms with Crippen molar-refractivity contribution in [1.29, 1.82) is 0 Å². The fourth-order valence-corrected chi connectivity index (χ4v) is 2.59. The van der Waals surface area contributed by atoms with Crippen LogP contribution in [0, 0.1) is 0 Å². The highest BCUT2D eigenvalue weighted by molar-refractivity contribution is 5.95. The number of anilines is 1. The lowest BCUT2D eigenvalue weighted by atomic mass is 9.85. The fourth-order valence-electron chi connectivity index (χ4n) is 2.59. The second kappa shape index (κ2) is 7.10. The Hall–Kier alpha value is -1.92. The molecule has 1 fully saturated rings. The molecule has 2 N–H and O–H groups in total. The number of hydrogen-bond acceptors (Lipinski definition) is 5. The molecular weight excluding hydrogens is 296 g/mol. The molecule has 1 amide bonds. The fraction of sp³-hybridized carbons (Fsp3) is 0.529. The van der Waals surface area contributed by atoms with Gasteiger partial charge in [-0.3, -0.25) is 9.59 Å². The molecule has 0 aromatic heterocycles. The number of hydrogen-bond donors (Lipinski definition) is 2. The van der Waals surface area contributed by atoms with Gasteiger partial charge in [0.25, 0.3) is 0 Å². The van der Waals surface area contributed by atoms with E-state index < -0.39 is 5.41 Å². The first-order valence-corrected chi connectivity index (χ1v) is 7.71. The predicted molar refractivity (Wildman–Crippen MR) is 87.3 cm³/mol. The van der Waals surface area contributed by atoms with Crippen LogP contribution in [0.3, 0.4) is 0 Å². The molecule has 126 valence electrons. The van der Waals surface area contributed by atoms with Gasteiger partial charge in [0.05, 0.1) is 25.2 Å². The first-order valence-electron chi connectivity index (χ1n) is 7.71. The minimum atomic E-state index is -0.732. The predicted octanol–water partition coefficient (Wildman–Crippen LogP) is 1.45. The smallest absolute Gasteiger partial charge is 0.315 e.